The molecule has 0 aromatic heterocycles. The third-order valence-electron chi connectivity index (χ3n) is 2.00. The number of phenols is 1. The summed E-state index contributed by atoms with van der Waals surface area (Å²) in [5, 5.41) is 10.1. The summed E-state index contributed by atoms with van der Waals surface area (Å²) in [5.74, 6) is 0.845. The van der Waals surface area contributed by atoms with E-state index in [9.17, 15) is 5.11 Å². The molecule has 0 saturated heterocycles. The van der Waals surface area contributed by atoms with E-state index >= 15 is 0 Å². The van der Waals surface area contributed by atoms with Crippen LogP contribution in [0.2, 0.25) is 10.0 Å². The minimum Gasteiger partial charge on any atom is -0.506 e. The SMILES string of the molecule is Oc1cccc(Oc2ccccc2Cl)c1Cl. The van der Waals surface area contributed by atoms with Crippen molar-refractivity contribution in [3.05, 3.63) is 52.5 Å². The highest BCUT2D eigenvalue weighted by Gasteiger charge is 2.08. The molecule has 0 atom stereocenters. The Hall–Kier alpha value is -1.38. The fourth-order valence-electron chi connectivity index (χ4n) is 1.22. The second-order valence-electron chi connectivity index (χ2n) is 3.12. The van der Waals surface area contributed by atoms with Crippen LogP contribution in [0.5, 0.6) is 17.2 Å². The number of rotatable bonds is 2. The summed E-state index contributed by atoms with van der Waals surface area (Å²) in [6.07, 6.45) is 0. The zero-order valence-corrected chi connectivity index (χ0v) is 9.66. The number of phenolic OH excluding ortho intramolecular Hbond substituents is 1. The predicted molar refractivity (Wildman–Crippen MR) is 64.6 cm³/mol. The maximum atomic E-state index is 9.40. The molecule has 0 bridgehead atoms. The predicted octanol–water partition coefficient (Wildman–Crippen LogP) is 4.49. The Morgan fingerprint density at radius 3 is 2.31 bits per heavy atom. The summed E-state index contributed by atoms with van der Waals surface area (Å²) in [5.41, 5.74) is 0. The molecule has 2 aromatic carbocycles. The van der Waals surface area contributed by atoms with E-state index in [1.54, 1.807) is 36.4 Å². The van der Waals surface area contributed by atoms with Gasteiger partial charge in [-0.2, -0.15) is 0 Å². The zero-order chi connectivity index (χ0) is 11.5. The van der Waals surface area contributed by atoms with E-state index in [4.69, 9.17) is 27.9 Å². The van der Waals surface area contributed by atoms with Crippen LogP contribution in [-0.2, 0) is 0 Å². The summed E-state index contributed by atoms with van der Waals surface area (Å²) in [6.45, 7) is 0. The summed E-state index contributed by atoms with van der Waals surface area (Å²) in [7, 11) is 0. The van der Waals surface area contributed by atoms with Gasteiger partial charge in [-0.3, -0.25) is 0 Å². The first-order chi connectivity index (χ1) is 7.68. The molecule has 0 aliphatic heterocycles. The largest absolute Gasteiger partial charge is 0.506 e. The molecule has 0 saturated carbocycles. The molecule has 0 aliphatic rings. The van der Waals surface area contributed by atoms with Crippen molar-refractivity contribution < 1.29 is 9.84 Å². The number of halogens is 2. The smallest absolute Gasteiger partial charge is 0.149 e. The lowest BCUT2D eigenvalue weighted by molar-refractivity contribution is 0.456. The molecule has 2 rings (SSSR count). The number of hydrogen-bond donors (Lipinski definition) is 1. The minimum absolute atomic E-state index is 0.0220. The van der Waals surface area contributed by atoms with Gasteiger partial charge in [0.1, 0.15) is 22.3 Å². The van der Waals surface area contributed by atoms with Gasteiger partial charge < -0.3 is 9.84 Å². The van der Waals surface area contributed by atoms with Crippen molar-refractivity contribution in [3.63, 3.8) is 0 Å². The molecule has 2 aromatic rings. The normalized spacial score (nSPS) is 10.1. The van der Waals surface area contributed by atoms with E-state index in [1.165, 1.54) is 6.07 Å². The van der Waals surface area contributed by atoms with Gasteiger partial charge in [-0.15, -0.1) is 0 Å². The second-order valence-corrected chi connectivity index (χ2v) is 3.91. The van der Waals surface area contributed by atoms with Crippen LogP contribution in [0.1, 0.15) is 0 Å². The van der Waals surface area contributed by atoms with Crippen LogP contribution >= 0.6 is 23.2 Å². The van der Waals surface area contributed by atoms with Gasteiger partial charge in [0.25, 0.3) is 0 Å². The van der Waals surface area contributed by atoms with E-state index < -0.39 is 0 Å². The fourth-order valence-corrected chi connectivity index (χ4v) is 1.56. The van der Waals surface area contributed by atoms with Crippen LogP contribution in [-0.4, -0.2) is 5.11 Å². The summed E-state index contributed by atoms with van der Waals surface area (Å²) >= 11 is 11.8. The molecule has 82 valence electrons. The van der Waals surface area contributed by atoms with Gasteiger partial charge in [-0.1, -0.05) is 41.4 Å². The van der Waals surface area contributed by atoms with Crippen LogP contribution in [0.15, 0.2) is 42.5 Å². The fraction of sp³-hybridized carbons (Fsp3) is 0. The first-order valence-corrected chi connectivity index (χ1v) is 5.34. The van der Waals surface area contributed by atoms with E-state index in [0.29, 0.717) is 16.5 Å². The summed E-state index contributed by atoms with van der Waals surface area (Å²) in [4.78, 5) is 0. The molecule has 0 heterocycles. The molecule has 4 heteroatoms. The maximum Gasteiger partial charge on any atom is 0.149 e. The average molecular weight is 255 g/mol. The highest BCUT2D eigenvalue weighted by atomic mass is 35.5. The van der Waals surface area contributed by atoms with Crippen molar-refractivity contribution in [2.45, 2.75) is 0 Å². The van der Waals surface area contributed by atoms with Crippen molar-refractivity contribution in [1.82, 2.24) is 0 Å². The molecule has 1 N–H and O–H groups in total. The van der Waals surface area contributed by atoms with Crippen molar-refractivity contribution in [2.75, 3.05) is 0 Å². The van der Waals surface area contributed by atoms with Gasteiger partial charge in [-0.05, 0) is 24.3 Å². The lowest BCUT2D eigenvalue weighted by Crippen LogP contribution is -1.86. The van der Waals surface area contributed by atoms with Crippen molar-refractivity contribution in [2.24, 2.45) is 0 Å². The maximum absolute atomic E-state index is 9.40. The highest BCUT2D eigenvalue weighted by molar-refractivity contribution is 6.33. The van der Waals surface area contributed by atoms with Crippen LogP contribution < -0.4 is 4.74 Å². The lowest BCUT2D eigenvalue weighted by Gasteiger charge is -2.09. The molecule has 0 amide bonds. The monoisotopic (exact) mass is 254 g/mol. The first kappa shape index (κ1) is 11.1. The van der Waals surface area contributed by atoms with Crippen LogP contribution in [0.4, 0.5) is 0 Å². The summed E-state index contributed by atoms with van der Waals surface area (Å²) in [6, 6.07) is 11.8. The van der Waals surface area contributed by atoms with Crippen LogP contribution in [0.3, 0.4) is 0 Å². The zero-order valence-electron chi connectivity index (χ0n) is 8.15. The number of para-hydroxylation sites is 1. The Morgan fingerprint density at radius 2 is 1.56 bits per heavy atom. The van der Waals surface area contributed by atoms with Crippen molar-refractivity contribution in [3.8, 4) is 17.2 Å². The van der Waals surface area contributed by atoms with E-state index in [1.807, 2.05) is 0 Å². The first-order valence-electron chi connectivity index (χ1n) is 4.58. The Kier molecular flexibility index (Phi) is 3.22. The van der Waals surface area contributed by atoms with Crippen LogP contribution in [0, 0.1) is 0 Å². The van der Waals surface area contributed by atoms with Gasteiger partial charge in [0.15, 0.2) is 0 Å². The summed E-state index contributed by atoms with van der Waals surface area (Å²) < 4.78 is 5.50. The molecule has 2 nitrogen and oxygen atoms in total. The second kappa shape index (κ2) is 4.64. The van der Waals surface area contributed by atoms with Gasteiger partial charge in [0.05, 0.1) is 5.02 Å². The Bertz CT molecular complexity index is 512. The average Bonchev–Trinajstić information content (AvgIpc) is 2.28. The van der Waals surface area contributed by atoms with Gasteiger partial charge in [0, 0.05) is 0 Å². The Labute approximate surface area is 103 Å². The molecule has 0 spiro atoms. The lowest BCUT2D eigenvalue weighted by atomic mass is 10.3. The minimum atomic E-state index is -0.0220. The standard InChI is InChI=1S/C12H8Cl2O2/c13-8-4-1-2-6-10(8)16-11-7-3-5-9(15)12(11)14/h1-7,15H. The van der Waals surface area contributed by atoms with Crippen molar-refractivity contribution >= 4 is 23.2 Å². The molecule has 0 aliphatic carbocycles. The molecule has 16 heavy (non-hydrogen) atoms. The number of hydrogen-bond acceptors (Lipinski definition) is 2. The third-order valence-corrected chi connectivity index (χ3v) is 2.69. The molecule has 0 radical (unpaired) electrons. The number of aromatic hydroxyl groups is 1. The van der Waals surface area contributed by atoms with E-state index in [2.05, 4.69) is 0 Å². The Balaban J connectivity index is 2.35. The number of ether oxygens (including phenoxy) is 1. The third kappa shape index (κ3) is 2.23. The number of benzene rings is 2. The molecule has 0 fully saturated rings. The molecule has 0 unspecified atom stereocenters. The van der Waals surface area contributed by atoms with Gasteiger partial charge in [0.2, 0.25) is 0 Å². The van der Waals surface area contributed by atoms with Crippen LogP contribution in [0.25, 0.3) is 0 Å². The molecular formula is C12H8Cl2O2. The quantitative estimate of drug-likeness (QED) is 0.856. The van der Waals surface area contributed by atoms with Crippen molar-refractivity contribution in [1.29, 1.82) is 0 Å². The Morgan fingerprint density at radius 1 is 0.875 bits per heavy atom. The highest BCUT2D eigenvalue weighted by Crippen LogP contribution is 2.37. The molecular weight excluding hydrogens is 247 g/mol. The van der Waals surface area contributed by atoms with Gasteiger partial charge in [-0.25, -0.2) is 0 Å². The van der Waals surface area contributed by atoms with E-state index in [-0.39, 0.29) is 10.8 Å². The van der Waals surface area contributed by atoms with Gasteiger partial charge >= 0.3 is 0 Å². The topological polar surface area (TPSA) is 29.5 Å². The van der Waals surface area contributed by atoms with E-state index in [0.717, 1.165) is 0 Å².